The largest absolute Gasteiger partial charge is 0.497 e. The zero-order valence-electron chi connectivity index (χ0n) is 13.2. The number of nitrogens with zero attached hydrogens (tertiary/aromatic N) is 3. The van der Waals surface area contributed by atoms with Crippen molar-refractivity contribution in [3.05, 3.63) is 42.2 Å². The molecule has 3 rings (SSSR count). The van der Waals surface area contributed by atoms with Gasteiger partial charge in [0.25, 0.3) is 5.91 Å². The van der Waals surface area contributed by atoms with Gasteiger partial charge in [0.05, 0.1) is 18.9 Å². The quantitative estimate of drug-likeness (QED) is 0.853. The van der Waals surface area contributed by atoms with Gasteiger partial charge in [0.15, 0.2) is 0 Å². The van der Waals surface area contributed by atoms with E-state index in [2.05, 4.69) is 12.0 Å². The number of hydrogen-bond donors (Lipinski definition) is 0. The van der Waals surface area contributed by atoms with Crippen LogP contribution in [0.1, 0.15) is 30.1 Å². The Kier molecular flexibility index (Phi) is 3.88. The molecule has 2 aromatic rings. The molecule has 5 nitrogen and oxygen atoms in total. The molecule has 1 aliphatic carbocycles. The minimum Gasteiger partial charge on any atom is -0.497 e. The van der Waals surface area contributed by atoms with E-state index < -0.39 is 0 Å². The molecule has 1 aliphatic rings. The Bertz CT molecular complexity index is 659. The lowest BCUT2D eigenvalue weighted by Gasteiger charge is -2.29. The van der Waals surface area contributed by atoms with Gasteiger partial charge in [-0.1, -0.05) is 0 Å². The van der Waals surface area contributed by atoms with E-state index in [4.69, 9.17) is 4.74 Å². The second-order valence-corrected chi connectivity index (χ2v) is 5.85. The molecule has 5 heteroatoms. The topological polar surface area (TPSA) is 47.4 Å². The number of aromatic nitrogens is 2. The molecule has 0 unspecified atom stereocenters. The van der Waals surface area contributed by atoms with Crippen LogP contribution in [0.25, 0.3) is 0 Å². The molecule has 0 aliphatic heterocycles. The van der Waals surface area contributed by atoms with Crippen LogP contribution in [0.5, 0.6) is 5.75 Å². The Balaban J connectivity index is 1.93. The molecule has 1 amide bonds. The summed E-state index contributed by atoms with van der Waals surface area (Å²) in [4.78, 5) is 14.8. The van der Waals surface area contributed by atoms with Crippen LogP contribution in [0.15, 0.2) is 36.7 Å². The number of anilines is 1. The third-order valence-electron chi connectivity index (χ3n) is 4.23. The molecule has 0 saturated heterocycles. The van der Waals surface area contributed by atoms with Gasteiger partial charge in [0.2, 0.25) is 0 Å². The second-order valence-electron chi connectivity index (χ2n) is 5.85. The smallest absolute Gasteiger partial charge is 0.261 e. The summed E-state index contributed by atoms with van der Waals surface area (Å²) in [5, 5.41) is 4.11. The van der Waals surface area contributed by atoms with Gasteiger partial charge in [-0.2, -0.15) is 5.10 Å². The van der Waals surface area contributed by atoms with Gasteiger partial charge in [0, 0.05) is 25.0 Å². The molecule has 1 saturated carbocycles. The van der Waals surface area contributed by atoms with Gasteiger partial charge < -0.3 is 9.64 Å². The summed E-state index contributed by atoms with van der Waals surface area (Å²) in [5.41, 5.74) is 1.51. The van der Waals surface area contributed by atoms with Gasteiger partial charge in [-0.15, -0.1) is 0 Å². The zero-order chi connectivity index (χ0) is 15.7. The highest BCUT2D eigenvalue weighted by atomic mass is 16.5. The monoisotopic (exact) mass is 299 g/mol. The number of methoxy groups -OCH3 is 1. The minimum atomic E-state index is -0.00216. The second kappa shape index (κ2) is 5.83. The maximum Gasteiger partial charge on any atom is 0.261 e. The number of carbonyl (C=O) groups is 1. The molecule has 1 atom stereocenters. The van der Waals surface area contributed by atoms with E-state index >= 15 is 0 Å². The first kappa shape index (κ1) is 14.6. The minimum absolute atomic E-state index is 0.00216. The van der Waals surface area contributed by atoms with Crippen molar-refractivity contribution in [3.8, 4) is 5.75 Å². The first-order valence-corrected chi connectivity index (χ1v) is 7.56. The molecule has 0 bridgehead atoms. The number of ether oxygens (including phenoxy) is 1. The highest BCUT2D eigenvalue weighted by Crippen LogP contribution is 2.37. The van der Waals surface area contributed by atoms with Crippen molar-refractivity contribution in [3.63, 3.8) is 0 Å². The van der Waals surface area contributed by atoms with E-state index in [0.29, 0.717) is 11.5 Å². The summed E-state index contributed by atoms with van der Waals surface area (Å²) in [5.74, 6) is 1.37. The average molecular weight is 299 g/mol. The fraction of sp³-hybridized carbons (Fsp3) is 0.412. The van der Waals surface area contributed by atoms with Crippen molar-refractivity contribution >= 4 is 11.6 Å². The van der Waals surface area contributed by atoms with Crippen LogP contribution in [0, 0.1) is 5.92 Å². The molecule has 1 fully saturated rings. The lowest BCUT2D eigenvalue weighted by molar-refractivity contribution is 0.0975. The normalized spacial score (nSPS) is 15.4. The van der Waals surface area contributed by atoms with Gasteiger partial charge in [0.1, 0.15) is 5.75 Å². The van der Waals surface area contributed by atoms with E-state index in [1.807, 2.05) is 36.2 Å². The van der Waals surface area contributed by atoms with Gasteiger partial charge in [-0.05, 0) is 49.9 Å². The van der Waals surface area contributed by atoms with Crippen LogP contribution in [0.4, 0.5) is 5.69 Å². The Morgan fingerprint density at radius 3 is 2.55 bits per heavy atom. The van der Waals surface area contributed by atoms with E-state index in [1.54, 1.807) is 24.2 Å². The Hall–Kier alpha value is -2.30. The number of carbonyl (C=O) groups excluding carboxylic acids is 1. The first-order valence-electron chi connectivity index (χ1n) is 7.56. The summed E-state index contributed by atoms with van der Waals surface area (Å²) in [6.45, 7) is 2.12. The van der Waals surface area contributed by atoms with Crippen LogP contribution in [-0.4, -0.2) is 28.8 Å². The van der Waals surface area contributed by atoms with E-state index in [1.165, 1.54) is 12.8 Å². The standard InChI is InChI=1S/C17H21N3O2/c1-12(13-4-5-13)20(15-6-8-16(22-3)9-7-15)17(21)14-10-18-19(2)11-14/h6-13H,4-5H2,1-3H3/t12-/m0/s1. The molecule has 0 radical (unpaired) electrons. The van der Waals surface area contributed by atoms with E-state index in [0.717, 1.165) is 11.4 Å². The molecule has 22 heavy (non-hydrogen) atoms. The number of hydrogen-bond acceptors (Lipinski definition) is 3. The third-order valence-corrected chi connectivity index (χ3v) is 4.23. The summed E-state index contributed by atoms with van der Waals surface area (Å²) < 4.78 is 6.85. The molecular formula is C17H21N3O2. The fourth-order valence-corrected chi connectivity index (χ4v) is 2.74. The van der Waals surface area contributed by atoms with E-state index in [9.17, 15) is 4.79 Å². The van der Waals surface area contributed by atoms with Crippen molar-refractivity contribution in [2.24, 2.45) is 13.0 Å². The molecule has 0 N–H and O–H groups in total. The highest BCUT2D eigenvalue weighted by Gasteiger charge is 2.35. The predicted molar refractivity (Wildman–Crippen MR) is 85.2 cm³/mol. The summed E-state index contributed by atoms with van der Waals surface area (Å²) >= 11 is 0. The third kappa shape index (κ3) is 2.84. The van der Waals surface area contributed by atoms with Gasteiger partial charge >= 0.3 is 0 Å². The van der Waals surface area contributed by atoms with E-state index in [-0.39, 0.29) is 11.9 Å². The number of benzene rings is 1. The lowest BCUT2D eigenvalue weighted by atomic mass is 10.1. The molecule has 1 heterocycles. The summed E-state index contributed by atoms with van der Waals surface area (Å²) in [6, 6.07) is 7.83. The van der Waals surface area contributed by atoms with Crippen molar-refractivity contribution in [2.75, 3.05) is 12.0 Å². The SMILES string of the molecule is COc1ccc(N(C(=O)c2cnn(C)c2)[C@@H](C)C2CC2)cc1. The van der Waals surface area contributed by atoms with Crippen LogP contribution >= 0.6 is 0 Å². The highest BCUT2D eigenvalue weighted by molar-refractivity contribution is 6.06. The van der Waals surface area contributed by atoms with Crippen molar-refractivity contribution in [1.29, 1.82) is 0 Å². The van der Waals surface area contributed by atoms with Gasteiger partial charge in [-0.25, -0.2) is 0 Å². The summed E-state index contributed by atoms with van der Waals surface area (Å²) in [6.07, 6.45) is 5.76. The van der Waals surface area contributed by atoms with Crippen LogP contribution < -0.4 is 9.64 Å². The van der Waals surface area contributed by atoms with Crippen molar-refractivity contribution < 1.29 is 9.53 Å². The Morgan fingerprint density at radius 2 is 2.05 bits per heavy atom. The first-order chi connectivity index (χ1) is 10.6. The molecule has 0 spiro atoms. The molecular weight excluding hydrogens is 278 g/mol. The predicted octanol–water partition coefficient (Wildman–Crippen LogP) is 2.87. The number of rotatable bonds is 5. The lowest BCUT2D eigenvalue weighted by Crippen LogP contribution is -2.40. The molecule has 1 aromatic heterocycles. The maximum absolute atomic E-state index is 12.9. The Labute approximate surface area is 130 Å². The van der Waals surface area contributed by atoms with Crippen LogP contribution in [-0.2, 0) is 7.05 Å². The zero-order valence-corrected chi connectivity index (χ0v) is 13.2. The summed E-state index contributed by atoms with van der Waals surface area (Å²) in [7, 11) is 3.46. The van der Waals surface area contributed by atoms with Crippen molar-refractivity contribution in [1.82, 2.24) is 9.78 Å². The fourth-order valence-electron chi connectivity index (χ4n) is 2.74. The Morgan fingerprint density at radius 1 is 1.36 bits per heavy atom. The number of amides is 1. The van der Waals surface area contributed by atoms with Crippen LogP contribution in [0.2, 0.25) is 0 Å². The maximum atomic E-state index is 12.9. The van der Waals surface area contributed by atoms with Crippen LogP contribution in [0.3, 0.4) is 0 Å². The number of aryl methyl sites for hydroxylation is 1. The van der Waals surface area contributed by atoms with Crippen molar-refractivity contribution in [2.45, 2.75) is 25.8 Å². The van der Waals surface area contributed by atoms with Gasteiger partial charge in [-0.3, -0.25) is 9.48 Å². The average Bonchev–Trinajstić information content (AvgIpc) is 3.29. The molecule has 1 aromatic carbocycles. The molecule has 116 valence electrons.